The summed E-state index contributed by atoms with van der Waals surface area (Å²) in [5, 5.41) is 0. The highest BCUT2D eigenvalue weighted by molar-refractivity contribution is 5.76. The van der Waals surface area contributed by atoms with Gasteiger partial charge in [-0.1, -0.05) is 6.92 Å². The number of primary amides is 1. The van der Waals surface area contributed by atoms with Gasteiger partial charge in [0, 0.05) is 12.4 Å². The van der Waals surface area contributed by atoms with Crippen LogP contribution >= 0.6 is 0 Å². The highest BCUT2D eigenvalue weighted by Crippen LogP contribution is 2.07. The normalized spacial score (nSPS) is 9.75. The van der Waals surface area contributed by atoms with Gasteiger partial charge in [0.15, 0.2) is 0 Å². The largest absolute Gasteiger partial charge is 0.369 e. The monoisotopic (exact) mass is 164 g/mol. The van der Waals surface area contributed by atoms with Crippen molar-refractivity contribution in [2.45, 2.75) is 19.8 Å². The first-order valence-electron chi connectivity index (χ1n) is 3.94. The molecule has 0 saturated heterocycles. The van der Waals surface area contributed by atoms with E-state index in [-0.39, 0.29) is 12.3 Å². The highest BCUT2D eigenvalue weighted by atomic mass is 16.1. The molecule has 64 valence electrons. The second-order valence-electron chi connectivity index (χ2n) is 2.64. The maximum atomic E-state index is 10.6. The smallest absolute Gasteiger partial charge is 0.221 e. The Bertz CT molecular complexity index is 284. The first-order chi connectivity index (χ1) is 5.74. The van der Waals surface area contributed by atoms with E-state index in [1.807, 2.05) is 13.0 Å². The van der Waals surface area contributed by atoms with Crippen LogP contribution in [0.25, 0.3) is 0 Å². The third-order valence-corrected chi connectivity index (χ3v) is 1.75. The predicted octanol–water partition coefficient (Wildman–Crippen LogP) is 0.672. The van der Waals surface area contributed by atoms with Crippen molar-refractivity contribution in [3.05, 3.63) is 29.6 Å². The van der Waals surface area contributed by atoms with Crippen LogP contribution < -0.4 is 5.73 Å². The van der Waals surface area contributed by atoms with Gasteiger partial charge in [0.2, 0.25) is 5.91 Å². The molecule has 0 aliphatic carbocycles. The number of hydrogen-bond acceptors (Lipinski definition) is 2. The topological polar surface area (TPSA) is 56.0 Å². The van der Waals surface area contributed by atoms with Gasteiger partial charge >= 0.3 is 0 Å². The Hall–Kier alpha value is -1.38. The third kappa shape index (κ3) is 2.05. The number of nitrogens with zero attached hydrogens (tertiary/aromatic N) is 1. The van der Waals surface area contributed by atoms with Crippen LogP contribution in [0.2, 0.25) is 0 Å². The Kier molecular flexibility index (Phi) is 2.80. The van der Waals surface area contributed by atoms with E-state index in [1.54, 1.807) is 12.4 Å². The average Bonchev–Trinajstić information content (AvgIpc) is 2.04. The maximum absolute atomic E-state index is 10.6. The summed E-state index contributed by atoms with van der Waals surface area (Å²) in [6.45, 7) is 2.04. The summed E-state index contributed by atoms with van der Waals surface area (Å²) in [6.07, 6.45) is 4.62. The van der Waals surface area contributed by atoms with E-state index in [2.05, 4.69) is 4.98 Å². The molecule has 0 atom stereocenters. The van der Waals surface area contributed by atoms with Crippen molar-refractivity contribution in [2.24, 2.45) is 5.73 Å². The molecule has 2 N–H and O–H groups in total. The number of amides is 1. The zero-order valence-electron chi connectivity index (χ0n) is 7.08. The van der Waals surface area contributed by atoms with Gasteiger partial charge in [-0.25, -0.2) is 0 Å². The van der Waals surface area contributed by atoms with Gasteiger partial charge in [-0.2, -0.15) is 0 Å². The minimum atomic E-state index is -0.308. The Morgan fingerprint density at radius 2 is 2.33 bits per heavy atom. The summed E-state index contributed by atoms with van der Waals surface area (Å²) in [5.41, 5.74) is 7.16. The van der Waals surface area contributed by atoms with Crippen molar-refractivity contribution >= 4 is 5.91 Å². The predicted molar refractivity (Wildman–Crippen MR) is 46.5 cm³/mol. The summed E-state index contributed by atoms with van der Waals surface area (Å²) < 4.78 is 0. The van der Waals surface area contributed by atoms with Gasteiger partial charge in [-0.15, -0.1) is 0 Å². The molecule has 0 unspecified atom stereocenters. The van der Waals surface area contributed by atoms with E-state index in [0.29, 0.717) is 0 Å². The molecule has 1 aromatic heterocycles. The Labute approximate surface area is 71.6 Å². The van der Waals surface area contributed by atoms with E-state index in [0.717, 1.165) is 17.5 Å². The first kappa shape index (κ1) is 8.71. The van der Waals surface area contributed by atoms with Crippen molar-refractivity contribution in [3.8, 4) is 0 Å². The number of carbonyl (C=O) groups is 1. The molecule has 1 amide bonds. The van der Waals surface area contributed by atoms with Crippen molar-refractivity contribution in [1.82, 2.24) is 4.98 Å². The number of nitrogens with two attached hydrogens (primary N) is 1. The number of carbonyl (C=O) groups excluding carboxylic acids is 1. The van der Waals surface area contributed by atoms with Gasteiger partial charge in [0.1, 0.15) is 0 Å². The Morgan fingerprint density at radius 3 is 2.92 bits per heavy atom. The maximum Gasteiger partial charge on any atom is 0.221 e. The summed E-state index contributed by atoms with van der Waals surface area (Å²) in [6, 6.07) is 1.91. The zero-order chi connectivity index (χ0) is 8.97. The van der Waals surface area contributed by atoms with Gasteiger partial charge in [-0.05, 0) is 23.6 Å². The third-order valence-electron chi connectivity index (χ3n) is 1.75. The number of aryl methyl sites for hydroxylation is 1. The molecule has 1 rings (SSSR count). The fourth-order valence-electron chi connectivity index (χ4n) is 1.15. The van der Waals surface area contributed by atoms with Crippen LogP contribution in [0.1, 0.15) is 18.1 Å². The van der Waals surface area contributed by atoms with E-state index in [4.69, 9.17) is 5.73 Å². The van der Waals surface area contributed by atoms with Crippen molar-refractivity contribution in [1.29, 1.82) is 0 Å². The average molecular weight is 164 g/mol. The second kappa shape index (κ2) is 3.85. The summed E-state index contributed by atoms with van der Waals surface area (Å²) in [7, 11) is 0. The molecule has 0 aliphatic rings. The van der Waals surface area contributed by atoms with E-state index in [1.165, 1.54) is 0 Å². The SMILES string of the molecule is CCc1ccncc1CC(N)=O. The molecule has 0 radical (unpaired) electrons. The molecule has 0 spiro atoms. The number of pyridine rings is 1. The van der Waals surface area contributed by atoms with Gasteiger partial charge in [-0.3, -0.25) is 9.78 Å². The molecule has 3 heteroatoms. The van der Waals surface area contributed by atoms with Crippen LogP contribution in [0.4, 0.5) is 0 Å². The fourth-order valence-corrected chi connectivity index (χ4v) is 1.15. The van der Waals surface area contributed by atoms with E-state index >= 15 is 0 Å². The molecule has 1 heterocycles. The molecule has 0 aliphatic heterocycles. The highest BCUT2D eigenvalue weighted by Gasteiger charge is 2.02. The molecule has 0 saturated carbocycles. The van der Waals surface area contributed by atoms with Crippen LogP contribution in [-0.4, -0.2) is 10.9 Å². The quantitative estimate of drug-likeness (QED) is 0.713. The molecule has 3 nitrogen and oxygen atoms in total. The summed E-state index contributed by atoms with van der Waals surface area (Å²) in [4.78, 5) is 14.6. The molecular formula is C9H12N2O. The van der Waals surface area contributed by atoms with Crippen LogP contribution in [0, 0.1) is 0 Å². The second-order valence-corrected chi connectivity index (χ2v) is 2.64. The standard InChI is InChI=1S/C9H12N2O/c1-2-7-3-4-11-6-8(7)5-9(10)12/h3-4,6H,2,5H2,1H3,(H2,10,12). The molecule has 0 aromatic carbocycles. The van der Waals surface area contributed by atoms with Crippen molar-refractivity contribution < 1.29 is 4.79 Å². The molecule has 12 heavy (non-hydrogen) atoms. The van der Waals surface area contributed by atoms with Gasteiger partial charge in [0.05, 0.1) is 6.42 Å². The lowest BCUT2D eigenvalue weighted by Crippen LogP contribution is -2.14. The minimum absolute atomic E-state index is 0.289. The molecule has 0 bridgehead atoms. The van der Waals surface area contributed by atoms with Gasteiger partial charge < -0.3 is 5.73 Å². The Morgan fingerprint density at radius 1 is 1.58 bits per heavy atom. The molecule has 0 fully saturated rings. The Balaban J connectivity index is 2.89. The van der Waals surface area contributed by atoms with Crippen molar-refractivity contribution in [2.75, 3.05) is 0 Å². The fraction of sp³-hybridized carbons (Fsp3) is 0.333. The van der Waals surface area contributed by atoms with Gasteiger partial charge in [0.25, 0.3) is 0 Å². The summed E-state index contributed by atoms with van der Waals surface area (Å²) in [5.74, 6) is -0.308. The minimum Gasteiger partial charge on any atom is -0.369 e. The lowest BCUT2D eigenvalue weighted by Gasteiger charge is -2.03. The lowest BCUT2D eigenvalue weighted by molar-refractivity contribution is -0.117. The zero-order valence-corrected chi connectivity index (χ0v) is 7.08. The van der Waals surface area contributed by atoms with Crippen LogP contribution in [0.3, 0.4) is 0 Å². The number of aromatic nitrogens is 1. The number of hydrogen-bond donors (Lipinski definition) is 1. The van der Waals surface area contributed by atoms with Crippen LogP contribution in [0.5, 0.6) is 0 Å². The summed E-state index contributed by atoms with van der Waals surface area (Å²) >= 11 is 0. The molecular weight excluding hydrogens is 152 g/mol. The lowest BCUT2D eigenvalue weighted by atomic mass is 10.1. The van der Waals surface area contributed by atoms with Crippen molar-refractivity contribution in [3.63, 3.8) is 0 Å². The number of rotatable bonds is 3. The molecule has 1 aromatic rings. The first-order valence-corrected chi connectivity index (χ1v) is 3.94. The van der Waals surface area contributed by atoms with Crippen LogP contribution in [-0.2, 0) is 17.6 Å². The van der Waals surface area contributed by atoms with E-state index in [9.17, 15) is 4.79 Å². The van der Waals surface area contributed by atoms with E-state index < -0.39 is 0 Å². The van der Waals surface area contributed by atoms with Crippen LogP contribution in [0.15, 0.2) is 18.5 Å².